The molecule has 0 saturated carbocycles. The summed E-state index contributed by atoms with van der Waals surface area (Å²) in [5, 5.41) is 0. The van der Waals surface area contributed by atoms with Crippen LogP contribution < -0.4 is 0 Å². The fourth-order valence-electron chi connectivity index (χ4n) is 3.19. The average molecular weight is 294 g/mol. The van der Waals surface area contributed by atoms with Crippen molar-refractivity contribution in [3.8, 4) is 0 Å². The molecule has 3 nitrogen and oxygen atoms in total. The van der Waals surface area contributed by atoms with E-state index in [0.29, 0.717) is 25.1 Å². The van der Waals surface area contributed by atoms with E-state index in [1.54, 1.807) is 0 Å². The Morgan fingerprint density at radius 3 is 3.05 bits per heavy atom. The van der Waals surface area contributed by atoms with Gasteiger partial charge in [-0.3, -0.25) is 4.79 Å². The lowest BCUT2D eigenvalue weighted by Gasteiger charge is -2.24. The second-order valence-electron chi connectivity index (χ2n) is 5.60. The molecular weight excluding hydrogens is 274 g/mol. The smallest absolute Gasteiger partial charge is 0.254 e. The molecule has 2 aliphatic heterocycles. The summed E-state index contributed by atoms with van der Waals surface area (Å²) >= 11 is 5.77. The lowest BCUT2D eigenvalue weighted by molar-refractivity contribution is 0.0730. The van der Waals surface area contributed by atoms with Crippen LogP contribution in [0.25, 0.3) is 0 Å². The van der Waals surface area contributed by atoms with Gasteiger partial charge in [-0.05, 0) is 48.9 Å². The molecule has 108 valence electrons. The molecule has 0 N–H and O–H groups in total. The number of benzene rings is 1. The first-order valence-electron chi connectivity index (χ1n) is 7.36. The Morgan fingerprint density at radius 2 is 2.20 bits per heavy atom. The van der Waals surface area contributed by atoms with Crippen LogP contribution in [-0.2, 0) is 18.0 Å². The molecule has 2 heterocycles. The van der Waals surface area contributed by atoms with E-state index in [9.17, 15) is 4.79 Å². The van der Waals surface area contributed by atoms with Gasteiger partial charge in [0.05, 0.1) is 13.2 Å². The summed E-state index contributed by atoms with van der Waals surface area (Å²) in [5.74, 6) is 0.839. The number of carbonyl (C=O) groups is 1. The minimum absolute atomic E-state index is 0.164. The van der Waals surface area contributed by atoms with Gasteiger partial charge in [0, 0.05) is 24.0 Å². The topological polar surface area (TPSA) is 29.5 Å². The molecule has 1 amide bonds. The Labute approximate surface area is 124 Å². The Balaban J connectivity index is 1.74. The second-order valence-corrected chi connectivity index (χ2v) is 5.98. The first kappa shape index (κ1) is 13.9. The van der Waals surface area contributed by atoms with Crippen molar-refractivity contribution in [1.82, 2.24) is 4.90 Å². The number of hydrogen-bond donors (Lipinski definition) is 0. The maximum atomic E-state index is 12.7. The molecule has 1 fully saturated rings. The van der Waals surface area contributed by atoms with E-state index in [0.717, 1.165) is 43.4 Å². The van der Waals surface area contributed by atoms with Crippen molar-refractivity contribution in [3.05, 3.63) is 34.9 Å². The SMILES string of the molecule is O=C(c1ccc2c(c1)COC2)N1CCCC1CCCCl. The molecule has 0 bridgehead atoms. The molecule has 1 unspecified atom stereocenters. The van der Waals surface area contributed by atoms with Crippen molar-refractivity contribution >= 4 is 17.5 Å². The number of hydrogen-bond acceptors (Lipinski definition) is 2. The minimum atomic E-state index is 0.164. The van der Waals surface area contributed by atoms with Gasteiger partial charge >= 0.3 is 0 Å². The van der Waals surface area contributed by atoms with Crippen molar-refractivity contribution in [1.29, 1.82) is 0 Å². The van der Waals surface area contributed by atoms with Gasteiger partial charge in [-0.15, -0.1) is 11.6 Å². The van der Waals surface area contributed by atoms with Crippen molar-refractivity contribution < 1.29 is 9.53 Å². The molecule has 20 heavy (non-hydrogen) atoms. The van der Waals surface area contributed by atoms with E-state index in [2.05, 4.69) is 0 Å². The molecule has 2 aliphatic rings. The summed E-state index contributed by atoms with van der Waals surface area (Å²) in [7, 11) is 0. The molecule has 1 atom stereocenters. The van der Waals surface area contributed by atoms with Crippen LogP contribution in [0, 0.1) is 0 Å². The zero-order chi connectivity index (χ0) is 13.9. The number of rotatable bonds is 4. The van der Waals surface area contributed by atoms with E-state index in [-0.39, 0.29) is 5.91 Å². The lowest BCUT2D eigenvalue weighted by Crippen LogP contribution is -2.35. The van der Waals surface area contributed by atoms with E-state index in [1.807, 2.05) is 23.1 Å². The van der Waals surface area contributed by atoms with Gasteiger partial charge in [0.15, 0.2) is 0 Å². The quantitative estimate of drug-likeness (QED) is 0.797. The third kappa shape index (κ3) is 2.70. The molecule has 1 saturated heterocycles. The summed E-state index contributed by atoms with van der Waals surface area (Å²) in [5.41, 5.74) is 3.17. The minimum Gasteiger partial charge on any atom is -0.372 e. The van der Waals surface area contributed by atoms with Gasteiger partial charge in [-0.2, -0.15) is 0 Å². The molecule has 0 radical (unpaired) electrons. The summed E-state index contributed by atoms with van der Waals surface area (Å²) in [4.78, 5) is 14.7. The molecule has 1 aromatic rings. The van der Waals surface area contributed by atoms with E-state index < -0.39 is 0 Å². The number of fused-ring (bicyclic) bond motifs is 1. The maximum absolute atomic E-state index is 12.7. The van der Waals surface area contributed by atoms with Crippen LogP contribution in [0.1, 0.15) is 47.2 Å². The average Bonchev–Trinajstić information content (AvgIpc) is 3.12. The lowest BCUT2D eigenvalue weighted by atomic mass is 10.0. The predicted octanol–water partition coefficient (Wildman–Crippen LogP) is 3.34. The van der Waals surface area contributed by atoms with Crippen molar-refractivity contribution in [2.24, 2.45) is 0 Å². The number of ether oxygens (including phenoxy) is 1. The zero-order valence-electron chi connectivity index (χ0n) is 11.6. The van der Waals surface area contributed by atoms with Crippen LogP contribution in [0.2, 0.25) is 0 Å². The van der Waals surface area contributed by atoms with Crippen LogP contribution in [-0.4, -0.2) is 29.3 Å². The van der Waals surface area contributed by atoms with E-state index in [1.165, 1.54) is 5.56 Å². The largest absolute Gasteiger partial charge is 0.372 e. The molecule has 0 spiro atoms. The fraction of sp³-hybridized carbons (Fsp3) is 0.562. The summed E-state index contributed by atoms with van der Waals surface area (Å²) in [6.45, 7) is 2.18. The molecule has 0 aromatic heterocycles. The second kappa shape index (κ2) is 6.15. The molecule has 3 rings (SSSR count). The predicted molar refractivity (Wildman–Crippen MR) is 78.9 cm³/mol. The van der Waals surface area contributed by atoms with Crippen LogP contribution in [0.15, 0.2) is 18.2 Å². The number of amides is 1. The third-order valence-corrected chi connectivity index (χ3v) is 4.54. The molecule has 4 heteroatoms. The number of halogens is 1. The van der Waals surface area contributed by atoms with Crippen molar-refractivity contribution in [3.63, 3.8) is 0 Å². The standard InChI is InChI=1S/C16H20ClNO2/c17-7-1-3-15-4-2-8-18(15)16(19)12-5-6-13-10-20-11-14(13)9-12/h5-6,9,15H,1-4,7-8,10-11H2. The highest BCUT2D eigenvalue weighted by Crippen LogP contribution is 2.26. The van der Waals surface area contributed by atoms with Crippen molar-refractivity contribution in [2.45, 2.75) is 44.9 Å². The summed E-state index contributed by atoms with van der Waals surface area (Å²) < 4.78 is 5.41. The van der Waals surface area contributed by atoms with Gasteiger partial charge < -0.3 is 9.64 Å². The number of alkyl halides is 1. The van der Waals surface area contributed by atoms with Crippen LogP contribution in [0.5, 0.6) is 0 Å². The number of nitrogens with zero attached hydrogens (tertiary/aromatic N) is 1. The maximum Gasteiger partial charge on any atom is 0.254 e. The third-order valence-electron chi connectivity index (χ3n) is 4.28. The molecular formula is C16H20ClNO2. The Hall–Kier alpha value is -1.06. The van der Waals surface area contributed by atoms with Crippen molar-refractivity contribution in [2.75, 3.05) is 12.4 Å². The molecule has 0 aliphatic carbocycles. The van der Waals surface area contributed by atoms with Gasteiger partial charge in [-0.25, -0.2) is 0 Å². The fourth-order valence-corrected chi connectivity index (χ4v) is 3.34. The van der Waals surface area contributed by atoms with Gasteiger partial charge in [0.25, 0.3) is 5.91 Å². The Morgan fingerprint density at radius 1 is 1.35 bits per heavy atom. The highest BCUT2D eigenvalue weighted by atomic mass is 35.5. The Kier molecular flexibility index (Phi) is 4.27. The van der Waals surface area contributed by atoms with Gasteiger partial charge in [0.1, 0.15) is 0 Å². The normalized spacial score (nSPS) is 21.2. The van der Waals surface area contributed by atoms with E-state index in [4.69, 9.17) is 16.3 Å². The Bertz CT molecular complexity index is 503. The van der Waals surface area contributed by atoms with Gasteiger partial charge in [0.2, 0.25) is 0 Å². The van der Waals surface area contributed by atoms with Gasteiger partial charge in [-0.1, -0.05) is 6.07 Å². The first-order chi connectivity index (χ1) is 9.79. The highest BCUT2D eigenvalue weighted by Gasteiger charge is 2.29. The molecule has 1 aromatic carbocycles. The first-order valence-corrected chi connectivity index (χ1v) is 7.89. The highest BCUT2D eigenvalue weighted by molar-refractivity contribution is 6.17. The summed E-state index contributed by atoms with van der Waals surface area (Å²) in [6.07, 6.45) is 4.21. The monoisotopic (exact) mass is 293 g/mol. The van der Waals surface area contributed by atoms with E-state index >= 15 is 0 Å². The van der Waals surface area contributed by atoms with Crippen LogP contribution in [0.3, 0.4) is 0 Å². The number of carbonyl (C=O) groups excluding carboxylic acids is 1. The summed E-state index contributed by atoms with van der Waals surface area (Å²) in [6, 6.07) is 6.33. The zero-order valence-corrected chi connectivity index (χ0v) is 12.4. The van der Waals surface area contributed by atoms with Crippen LogP contribution >= 0.6 is 11.6 Å². The number of likely N-dealkylation sites (tertiary alicyclic amines) is 1. The van der Waals surface area contributed by atoms with Crippen LogP contribution in [0.4, 0.5) is 0 Å².